The number of carboxylic acid groups (broad SMARTS) is 1. The smallest absolute Gasteiger partial charge is 0.335 e. The van der Waals surface area contributed by atoms with E-state index >= 15 is 0 Å². The summed E-state index contributed by atoms with van der Waals surface area (Å²) in [6.45, 7) is -0.00233. The van der Waals surface area contributed by atoms with E-state index in [0.717, 1.165) is 12.1 Å². The van der Waals surface area contributed by atoms with Gasteiger partial charge in [0.2, 0.25) is 10.0 Å². The molecule has 0 spiro atoms. The minimum Gasteiger partial charge on any atom is -0.478 e. The van der Waals surface area contributed by atoms with Gasteiger partial charge in [0, 0.05) is 13.0 Å². The van der Waals surface area contributed by atoms with Gasteiger partial charge in [-0.3, -0.25) is 5.10 Å². The van der Waals surface area contributed by atoms with Crippen molar-refractivity contribution in [3.8, 4) is 0 Å². The molecule has 0 saturated heterocycles. The van der Waals surface area contributed by atoms with E-state index in [2.05, 4.69) is 19.9 Å². The number of nitrogens with one attached hydrogen (secondary N) is 2. The molecule has 1 aromatic carbocycles. The number of aromatic amines is 1. The molecule has 8 nitrogen and oxygen atoms in total. The van der Waals surface area contributed by atoms with E-state index in [4.69, 9.17) is 5.11 Å². The molecule has 0 bridgehead atoms. The molecule has 0 aliphatic rings. The summed E-state index contributed by atoms with van der Waals surface area (Å²) in [6.07, 6.45) is 1.54. The van der Waals surface area contributed by atoms with Crippen molar-refractivity contribution in [3.63, 3.8) is 0 Å². The molecule has 0 saturated carbocycles. The number of aromatic nitrogens is 3. The normalized spacial score (nSPS) is 11.5. The third-order valence-corrected chi connectivity index (χ3v) is 4.08. The number of hydrogen-bond acceptors (Lipinski definition) is 5. The van der Waals surface area contributed by atoms with Crippen LogP contribution in [0.15, 0.2) is 29.4 Å². The molecule has 0 unspecified atom stereocenters. The average molecular weight is 314 g/mol. The highest BCUT2D eigenvalue weighted by Crippen LogP contribution is 2.16. The molecule has 0 amide bonds. The molecule has 0 radical (unpaired) electrons. The highest BCUT2D eigenvalue weighted by atomic mass is 32.2. The first-order chi connectivity index (χ1) is 9.90. The van der Waals surface area contributed by atoms with Gasteiger partial charge in [0.15, 0.2) is 0 Å². The van der Waals surface area contributed by atoms with Crippen molar-refractivity contribution in [3.05, 3.63) is 41.7 Å². The van der Waals surface area contributed by atoms with Crippen molar-refractivity contribution in [2.24, 2.45) is 0 Å². The van der Waals surface area contributed by atoms with Crippen molar-refractivity contribution in [1.29, 1.82) is 0 Å². The summed E-state index contributed by atoms with van der Waals surface area (Å²) in [6, 6.07) is 2.60. The molecule has 2 aromatic rings. The lowest BCUT2D eigenvalue weighted by Crippen LogP contribution is -2.27. The molecular formula is C11H11FN4O4S. The van der Waals surface area contributed by atoms with Crippen LogP contribution in [0.25, 0.3) is 0 Å². The van der Waals surface area contributed by atoms with E-state index in [1.165, 1.54) is 6.33 Å². The molecule has 112 valence electrons. The Balaban J connectivity index is 2.10. The molecule has 10 heteroatoms. The lowest BCUT2D eigenvalue weighted by atomic mass is 10.2. The van der Waals surface area contributed by atoms with Gasteiger partial charge in [0.05, 0.1) is 5.56 Å². The number of carbonyl (C=O) groups is 1. The van der Waals surface area contributed by atoms with Crippen LogP contribution < -0.4 is 4.72 Å². The number of nitrogens with zero attached hydrogens (tertiary/aromatic N) is 2. The summed E-state index contributed by atoms with van der Waals surface area (Å²) >= 11 is 0. The fraction of sp³-hybridized carbons (Fsp3) is 0.182. The van der Waals surface area contributed by atoms with Crippen LogP contribution >= 0.6 is 0 Å². The summed E-state index contributed by atoms with van der Waals surface area (Å²) in [5.74, 6) is -1.97. The molecular weight excluding hydrogens is 303 g/mol. The van der Waals surface area contributed by atoms with Gasteiger partial charge in [-0.2, -0.15) is 5.10 Å². The van der Waals surface area contributed by atoms with Gasteiger partial charge in [0.1, 0.15) is 22.9 Å². The molecule has 0 aliphatic carbocycles. The Hall–Kier alpha value is -2.33. The van der Waals surface area contributed by atoms with Crippen LogP contribution in [0.1, 0.15) is 16.2 Å². The second kappa shape index (κ2) is 5.97. The molecule has 21 heavy (non-hydrogen) atoms. The predicted molar refractivity (Wildman–Crippen MR) is 68.6 cm³/mol. The van der Waals surface area contributed by atoms with Crippen molar-refractivity contribution < 1.29 is 22.7 Å². The van der Waals surface area contributed by atoms with Gasteiger partial charge < -0.3 is 5.11 Å². The van der Waals surface area contributed by atoms with Gasteiger partial charge in [-0.05, 0) is 18.2 Å². The zero-order chi connectivity index (χ0) is 15.5. The minimum atomic E-state index is -4.07. The lowest BCUT2D eigenvalue weighted by molar-refractivity contribution is 0.0696. The second-order valence-electron chi connectivity index (χ2n) is 4.03. The highest BCUT2D eigenvalue weighted by Gasteiger charge is 2.20. The minimum absolute atomic E-state index is 0.00233. The number of hydrogen-bond donors (Lipinski definition) is 3. The average Bonchev–Trinajstić information content (AvgIpc) is 2.91. The first-order valence-corrected chi connectivity index (χ1v) is 7.25. The second-order valence-corrected chi connectivity index (χ2v) is 5.77. The number of sulfonamides is 1. The van der Waals surface area contributed by atoms with Crippen LogP contribution in [0.5, 0.6) is 0 Å². The Labute approximate surface area is 119 Å². The van der Waals surface area contributed by atoms with Crippen molar-refractivity contribution in [1.82, 2.24) is 19.9 Å². The Morgan fingerprint density at radius 3 is 2.76 bits per heavy atom. The van der Waals surface area contributed by atoms with E-state index in [0.29, 0.717) is 11.9 Å². The van der Waals surface area contributed by atoms with E-state index in [1.807, 2.05) is 0 Å². The number of carboxylic acids is 1. The van der Waals surface area contributed by atoms with E-state index in [9.17, 15) is 17.6 Å². The Bertz CT molecular complexity index is 746. The highest BCUT2D eigenvalue weighted by molar-refractivity contribution is 7.89. The number of halogens is 1. The number of H-pyrrole nitrogens is 1. The molecule has 2 rings (SSSR count). The van der Waals surface area contributed by atoms with Crippen LogP contribution in [-0.4, -0.2) is 41.2 Å². The zero-order valence-electron chi connectivity index (χ0n) is 10.6. The largest absolute Gasteiger partial charge is 0.478 e. The van der Waals surface area contributed by atoms with Gasteiger partial charge in [-0.25, -0.2) is 27.3 Å². The summed E-state index contributed by atoms with van der Waals surface area (Å²) in [5, 5.41) is 14.9. The monoisotopic (exact) mass is 314 g/mol. The van der Waals surface area contributed by atoms with E-state index in [1.54, 1.807) is 0 Å². The molecule has 3 N–H and O–H groups in total. The van der Waals surface area contributed by atoms with Crippen molar-refractivity contribution in [2.75, 3.05) is 6.54 Å². The first-order valence-electron chi connectivity index (χ1n) is 5.77. The van der Waals surface area contributed by atoms with Crippen LogP contribution in [0.3, 0.4) is 0 Å². The zero-order valence-corrected chi connectivity index (χ0v) is 11.4. The van der Waals surface area contributed by atoms with Crippen LogP contribution in [0.2, 0.25) is 0 Å². The molecule has 1 heterocycles. The fourth-order valence-electron chi connectivity index (χ4n) is 1.58. The summed E-state index contributed by atoms with van der Waals surface area (Å²) in [5.41, 5.74) is -0.326. The quantitative estimate of drug-likeness (QED) is 0.697. The standard InChI is InChI=1S/C11H11FN4O4S/c12-8-5-7(11(17)18)1-2-9(8)21(19,20)15-4-3-10-13-6-14-16-10/h1-2,5-6,15H,3-4H2,(H,17,18)(H,13,14,16). The number of aromatic carboxylic acids is 1. The topological polar surface area (TPSA) is 125 Å². The van der Waals surface area contributed by atoms with Crippen LogP contribution in [-0.2, 0) is 16.4 Å². The van der Waals surface area contributed by atoms with Crippen LogP contribution in [0, 0.1) is 5.82 Å². The van der Waals surface area contributed by atoms with Gasteiger partial charge in [-0.1, -0.05) is 0 Å². The number of rotatable bonds is 6. The number of benzene rings is 1. The maximum atomic E-state index is 13.7. The molecule has 1 aromatic heterocycles. The SMILES string of the molecule is O=C(O)c1ccc(S(=O)(=O)NCCc2ncn[nH]2)c(F)c1. The predicted octanol–water partition coefficient (Wildman–Crippen LogP) is 0.163. The summed E-state index contributed by atoms with van der Waals surface area (Å²) in [4.78, 5) is 13.9. The molecule has 0 aliphatic heterocycles. The van der Waals surface area contributed by atoms with Gasteiger partial charge in [0.25, 0.3) is 0 Å². The van der Waals surface area contributed by atoms with Crippen LogP contribution in [0.4, 0.5) is 4.39 Å². The maximum absolute atomic E-state index is 13.7. The van der Waals surface area contributed by atoms with E-state index < -0.39 is 26.7 Å². The molecule has 0 atom stereocenters. The first kappa shape index (κ1) is 15.1. The molecule has 0 fully saturated rings. The Kier molecular flexibility index (Phi) is 4.29. The van der Waals surface area contributed by atoms with E-state index in [-0.39, 0.29) is 18.5 Å². The Morgan fingerprint density at radius 1 is 1.43 bits per heavy atom. The summed E-state index contributed by atoms with van der Waals surface area (Å²) in [7, 11) is -4.07. The summed E-state index contributed by atoms with van der Waals surface area (Å²) < 4.78 is 39.7. The van der Waals surface area contributed by atoms with Crippen molar-refractivity contribution >= 4 is 16.0 Å². The van der Waals surface area contributed by atoms with Gasteiger partial charge >= 0.3 is 5.97 Å². The van der Waals surface area contributed by atoms with Crippen molar-refractivity contribution in [2.45, 2.75) is 11.3 Å². The fourth-order valence-corrected chi connectivity index (χ4v) is 2.67. The maximum Gasteiger partial charge on any atom is 0.335 e. The Morgan fingerprint density at radius 2 is 2.19 bits per heavy atom. The van der Waals surface area contributed by atoms with Gasteiger partial charge in [-0.15, -0.1) is 0 Å². The third kappa shape index (κ3) is 3.61. The third-order valence-electron chi connectivity index (χ3n) is 2.59. The lowest BCUT2D eigenvalue weighted by Gasteiger charge is -2.07.